The third kappa shape index (κ3) is 4.96. The van der Waals surface area contributed by atoms with Crippen LogP contribution >= 0.6 is 0 Å². The van der Waals surface area contributed by atoms with Crippen molar-refractivity contribution < 1.29 is 0 Å². The van der Waals surface area contributed by atoms with Crippen LogP contribution in [0.3, 0.4) is 0 Å². The minimum absolute atomic E-state index is 0.412. The Balaban J connectivity index is 2.72. The van der Waals surface area contributed by atoms with E-state index in [-0.39, 0.29) is 0 Å². The van der Waals surface area contributed by atoms with Gasteiger partial charge in [0.05, 0.1) is 0 Å². The number of hydrogen-bond donors (Lipinski definition) is 1. The molecule has 0 saturated heterocycles. The first-order valence-corrected chi connectivity index (χ1v) is 7.40. The SMILES string of the molecule is CCC(C)CN(C)CC(NC)c1ccc(C)cc1C. The minimum Gasteiger partial charge on any atom is -0.312 e. The molecule has 0 aliphatic heterocycles. The average molecular weight is 262 g/mol. The van der Waals surface area contributed by atoms with Gasteiger partial charge >= 0.3 is 0 Å². The van der Waals surface area contributed by atoms with Crippen LogP contribution in [-0.2, 0) is 0 Å². The molecule has 19 heavy (non-hydrogen) atoms. The number of nitrogens with one attached hydrogen (secondary N) is 1. The Bertz CT molecular complexity index is 387. The van der Waals surface area contributed by atoms with Gasteiger partial charge in [-0.05, 0) is 45.0 Å². The molecular formula is C17H30N2. The highest BCUT2D eigenvalue weighted by Gasteiger charge is 2.15. The molecule has 0 amide bonds. The van der Waals surface area contributed by atoms with Gasteiger partial charge in [-0.25, -0.2) is 0 Å². The molecule has 2 nitrogen and oxygen atoms in total. The van der Waals surface area contributed by atoms with Crippen LogP contribution in [0, 0.1) is 19.8 Å². The van der Waals surface area contributed by atoms with E-state index in [1.165, 1.54) is 29.7 Å². The number of aryl methyl sites for hydroxylation is 2. The number of likely N-dealkylation sites (N-methyl/N-ethyl adjacent to an activating group) is 2. The maximum absolute atomic E-state index is 3.46. The molecule has 0 saturated carbocycles. The van der Waals surface area contributed by atoms with Crippen molar-refractivity contribution in [1.29, 1.82) is 0 Å². The summed E-state index contributed by atoms with van der Waals surface area (Å²) in [5.74, 6) is 0.765. The monoisotopic (exact) mass is 262 g/mol. The predicted octanol–water partition coefficient (Wildman–Crippen LogP) is 3.54. The van der Waals surface area contributed by atoms with Gasteiger partial charge in [-0.2, -0.15) is 0 Å². The summed E-state index contributed by atoms with van der Waals surface area (Å²) < 4.78 is 0. The molecule has 1 aromatic rings. The molecular weight excluding hydrogens is 232 g/mol. The van der Waals surface area contributed by atoms with Gasteiger partial charge in [0.1, 0.15) is 0 Å². The molecule has 2 heteroatoms. The normalized spacial score (nSPS) is 14.7. The lowest BCUT2D eigenvalue weighted by Gasteiger charge is -2.27. The Morgan fingerprint density at radius 1 is 1.21 bits per heavy atom. The lowest BCUT2D eigenvalue weighted by Crippen LogP contribution is -2.34. The van der Waals surface area contributed by atoms with Crippen LogP contribution < -0.4 is 5.32 Å². The third-order valence-electron chi connectivity index (χ3n) is 3.96. The van der Waals surface area contributed by atoms with Gasteiger partial charge in [-0.1, -0.05) is 44.0 Å². The largest absolute Gasteiger partial charge is 0.312 e. The minimum atomic E-state index is 0.412. The fourth-order valence-corrected chi connectivity index (χ4v) is 2.61. The molecule has 2 unspecified atom stereocenters. The van der Waals surface area contributed by atoms with Crippen molar-refractivity contribution in [3.8, 4) is 0 Å². The molecule has 0 aliphatic rings. The summed E-state index contributed by atoms with van der Waals surface area (Å²) in [5.41, 5.74) is 4.14. The van der Waals surface area contributed by atoms with E-state index >= 15 is 0 Å². The molecule has 1 N–H and O–H groups in total. The van der Waals surface area contributed by atoms with E-state index in [1.54, 1.807) is 0 Å². The Morgan fingerprint density at radius 3 is 2.42 bits per heavy atom. The van der Waals surface area contributed by atoms with Crippen LogP contribution in [0.25, 0.3) is 0 Å². The highest BCUT2D eigenvalue weighted by Crippen LogP contribution is 2.20. The van der Waals surface area contributed by atoms with Crippen molar-refractivity contribution >= 4 is 0 Å². The molecule has 2 atom stereocenters. The zero-order valence-corrected chi connectivity index (χ0v) is 13.5. The summed E-state index contributed by atoms with van der Waals surface area (Å²) in [7, 11) is 4.28. The molecule has 0 bridgehead atoms. The standard InChI is InChI=1S/C17H30N2/c1-7-13(2)11-19(6)12-17(18-5)16-9-8-14(3)10-15(16)4/h8-10,13,17-18H,7,11-12H2,1-6H3. The zero-order valence-electron chi connectivity index (χ0n) is 13.5. The van der Waals surface area contributed by atoms with Gasteiger partial charge in [-0.15, -0.1) is 0 Å². The number of hydrogen-bond acceptors (Lipinski definition) is 2. The molecule has 0 fully saturated rings. The molecule has 0 radical (unpaired) electrons. The van der Waals surface area contributed by atoms with Crippen LogP contribution in [-0.4, -0.2) is 32.1 Å². The maximum atomic E-state index is 3.46. The summed E-state index contributed by atoms with van der Waals surface area (Å²) in [6.45, 7) is 11.2. The smallest absolute Gasteiger partial charge is 0.0449 e. The molecule has 0 aliphatic carbocycles. The van der Waals surface area contributed by atoms with Gasteiger partial charge in [0.2, 0.25) is 0 Å². The van der Waals surface area contributed by atoms with Crippen molar-refractivity contribution in [2.75, 3.05) is 27.2 Å². The topological polar surface area (TPSA) is 15.3 Å². The first kappa shape index (κ1) is 16.2. The molecule has 0 aromatic heterocycles. The Kier molecular flexibility index (Phi) is 6.53. The first-order chi connectivity index (χ1) is 8.97. The van der Waals surface area contributed by atoms with Crippen LogP contribution in [0.15, 0.2) is 18.2 Å². The van der Waals surface area contributed by atoms with Crippen molar-refractivity contribution in [3.05, 3.63) is 34.9 Å². The highest BCUT2D eigenvalue weighted by molar-refractivity contribution is 5.33. The van der Waals surface area contributed by atoms with Crippen molar-refractivity contribution in [2.24, 2.45) is 5.92 Å². The van der Waals surface area contributed by atoms with Crippen LogP contribution in [0.2, 0.25) is 0 Å². The van der Waals surface area contributed by atoms with E-state index in [9.17, 15) is 0 Å². The van der Waals surface area contributed by atoms with E-state index in [2.05, 4.69) is 70.2 Å². The summed E-state index contributed by atoms with van der Waals surface area (Å²) in [6.07, 6.45) is 1.25. The molecule has 0 spiro atoms. The van der Waals surface area contributed by atoms with E-state index in [0.717, 1.165) is 12.5 Å². The lowest BCUT2D eigenvalue weighted by atomic mass is 9.98. The van der Waals surface area contributed by atoms with Crippen molar-refractivity contribution in [3.63, 3.8) is 0 Å². The first-order valence-electron chi connectivity index (χ1n) is 7.40. The maximum Gasteiger partial charge on any atom is 0.0449 e. The molecule has 0 heterocycles. The van der Waals surface area contributed by atoms with Crippen LogP contribution in [0.4, 0.5) is 0 Å². The second-order valence-corrected chi connectivity index (χ2v) is 5.94. The summed E-state index contributed by atoms with van der Waals surface area (Å²) in [5, 5.41) is 3.46. The Labute approximate surface area is 119 Å². The van der Waals surface area contributed by atoms with Crippen LogP contribution in [0.5, 0.6) is 0 Å². The Hall–Kier alpha value is -0.860. The summed E-state index contributed by atoms with van der Waals surface area (Å²) >= 11 is 0. The molecule has 1 rings (SSSR count). The van der Waals surface area contributed by atoms with Gasteiger partial charge < -0.3 is 10.2 Å². The number of benzene rings is 1. The highest BCUT2D eigenvalue weighted by atomic mass is 15.1. The van der Waals surface area contributed by atoms with Gasteiger partial charge in [0.15, 0.2) is 0 Å². The van der Waals surface area contributed by atoms with E-state index in [1.807, 2.05) is 0 Å². The van der Waals surface area contributed by atoms with Crippen molar-refractivity contribution in [1.82, 2.24) is 10.2 Å². The van der Waals surface area contributed by atoms with Crippen LogP contribution in [0.1, 0.15) is 43.0 Å². The van der Waals surface area contributed by atoms with E-state index in [0.29, 0.717) is 6.04 Å². The summed E-state index contributed by atoms with van der Waals surface area (Å²) in [4.78, 5) is 2.44. The van der Waals surface area contributed by atoms with Gasteiger partial charge in [0.25, 0.3) is 0 Å². The predicted molar refractivity (Wildman–Crippen MR) is 84.7 cm³/mol. The second-order valence-electron chi connectivity index (χ2n) is 5.94. The third-order valence-corrected chi connectivity index (χ3v) is 3.96. The lowest BCUT2D eigenvalue weighted by molar-refractivity contribution is 0.256. The van der Waals surface area contributed by atoms with Gasteiger partial charge in [0, 0.05) is 19.1 Å². The van der Waals surface area contributed by atoms with E-state index < -0.39 is 0 Å². The fourth-order valence-electron chi connectivity index (χ4n) is 2.61. The van der Waals surface area contributed by atoms with Gasteiger partial charge in [-0.3, -0.25) is 0 Å². The number of rotatable bonds is 7. The quantitative estimate of drug-likeness (QED) is 0.808. The average Bonchev–Trinajstić information content (AvgIpc) is 2.36. The zero-order chi connectivity index (χ0) is 14.4. The molecule has 108 valence electrons. The van der Waals surface area contributed by atoms with Crippen molar-refractivity contribution in [2.45, 2.75) is 40.2 Å². The number of nitrogens with zero attached hydrogens (tertiary/aromatic N) is 1. The summed E-state index contributed by atoms with van der Waals surface area (Å²) in [6, 6.07) is 7.16. The van der Waals surface area contributed by atoms with E-state index in [4.69, 9.17) is 0 Å². The fraction of sp³-hybridized carbons (Fsp3) is 0.647. The molecule has 1 aromatic carbocycles. The second kappa shape index (κ2) is 7.66. The Morgan fingerprint density at radius 2 is 1.89 bits per heavy atom.